The Balaban J connectivity index is 2.04. The fraction of sp³-hybridized carbons (Fsp3) is 0.643. The molecule has 1 aromatic heterocycles. The summed E-state index contributed by atoms with van der Waals surface area (Å²) < 4.78 is 10.8. The van der Waals surface area contributed by atoms with Crippen LogP contribution in [0.3, 0.4) is 0 Å². The highest BCUT2D eigenvalue weighted by molar-refractivity contribution is 5.82. The predicted octanol–water partition coefficient (Wildman–Crippen LogP) is 1.30. The van der Waals surface area contributed by atoms with Gasteiger partial charge in [0, 0.05) is 26.8 Å². The molecule has 1 aliphatic heterocycles. The Morgan fingerprint density at radius 1 is 1.42 bits per heavy atom. The number of hydrogen-bond donors (Lipinski definition) is 1. The lowest BCUT2D eigenvalue weighted by molar-refractivity contribution is -0.146. The minimum atomic E-state index is -0.464. The number of furan rings is 1. The summed E-state index contributed by atoms with van der Waals surface area (Å²) in [6.07, 6.45) is 1.40. The van der Waals surface area contributed by atoms with Crippen LogP contribution in [-0.4, -0.2) is 37.6 Å². The first-order chi connectivity index (χ1) is 9.07. The second-order valence-corrected chi connectivity index (χ2v) is 5.27. The fourth-order valence-electron chi connectivity index (χ4n) is 2.55. The first kappa shape index (κ1) is 14.1. The van der Waals surface area contributed by atoms with Gasteiger partial charge in [-0.15, -0.1) is 0 Å². The predicted molar refractivity (Wildman–Crippen MR) is 71.5 cm³/mol. The number of nitrogens with zero attached hydrogens (tertiary/aromatic N) is 1. The van der Waals surface area contributed by atoms with Gasteiger partial charge in [0.15, 0.2) is 0 Å². The van der Waals surface area contributed by atoms with Crippen LogP contribution >= 0.6 is 0 Å². The largest absolute Gasteiger partial charge is 0.464 e. The first-order valence-corrected chi connectivity index (χ1v) is 6.66. The maximum atomic E-state index is 12.6. The van der Waals surface area contributed by atoms with Gasteiger partial charge in [0.1, 0.15) is 11.5 Å². The molecule has 5 nitrogen and oxygen atoms in total. The monoisotopic (exact) mass is 266 g/mol. The van der Waals surface area contributed by atoms with Crippen LogP contribution in [0.5, 0.6) is 0 Å². The van der Waals surface area contributed by atoms with Crippen LogP contribution in [-0.2, 0) is 16.1 Å². The lowest BCUT2D eigenvalue weighted by atomic mass is 9.79. The average Bonchev–Trinajstić information content (AvgIpc) is 2.84. The smallest absolute Gasteiger partial charge is 0.230 e. The molecular formula is C14H22N2O3. The van der Waals surface area contributed by atoms with Crippen molar-refractivity contribution in [2.24, 2.45) is 11.1 Å². The van der Waals surface area contributed by atoms with Gasteiger partial charge in [-0.2, -0.15) is 0 Å². The molecule has 1 saturated heterocycles. The van der Waals surface area contributed by atoms with E-state index in [-0.39, 0.29) is 5.91 Å². The van der Waals surface area contributed by atoms with E-state index in [0.29, 0.717) is 39.1 Å². The molecule has 19 heavy (non-hydrogen) atoms. The van der Waals surface area contributed by atoms with Gasteiger partial charge >= 0.3 is 0 Å². The summed E-state index contributed by atoms with van der Waals surface area (Å²) in [5.41, 5.74) is 5.38. The summed E-state index contributed by atoms with van der Waals surface area (Å²) in [7, 11) is 1.80. The van der Waals surface area contributed by atoms with Gasteiger partial charge in [-0.05, 0) is 31.9 Å². The van der Waals surface area contributed by atoms with Crippen molar-refractivity contribution in [3.63, 3.8) is 0 Å². The molecule has 0 aliphatic carbocycles. The van der Waals surface area contributed by atoms with Crippen molar-refractivity contribution in [1.82, 2.24) is 4.90 Å². The highest BCUT2D eigenvalue weighted by atomic mass is 16.5. The highest BCUT2D eigenvalue weighted by Crippen LogP contribution is 2.31. The molecule has 1 amide bonds. The molecule has 1 fully saturated rings. The molecule has 0 radical (unpaired) electrons. The molecule has 2 rings (SSSR count). The van der Waals surface area contributed by atoms with E-state index in [0.717, 1.165) is 11.5 Å². The van der Waals surface area contributed by atoms with Crippen LogP contribution in [0.4, 0.5) is 0 Å². The number of nitrogens with two attached hydrogens (primary N) is 1. The van der Waals surface area contributed by atoms with Crippen molar-refractivity contribution in [2.75, 3.05) is 26.8 Å². The van der Waals surface area contributed by atoms with Gasteiger partial charge < -0.3 is 19.8 Å². The molecule has 0 atom stereocenters. The van der Waals surface area contributed by atoms with Gasteiger partial charge in [-0.1, -0.05) is 0 Å². The van der Waals surface area contributed by atoms with Gasteiger partial charge in [-0.3, -0.25) is 4.79 Å². The van der Waals surface area contributed by atoms with Gasteiger partial charge in [0.25, 0.3) is 0 Å². The Bertz CT molecular complexity index is 436. The van der Waals surface area contributed by atoms with Crippen molar-refractivity contribution in [1.29, 1.82) is 0 Å². The van der Waals surface area contributed by atoms with Crippen LogP contribution in [0.1, 0.15) is 24.4 Å². The minimum Gasteiger partial charge on any atom is -0.464 e. The molecule has 106 valence electrons. The summed E-state index contributed by atoms with van der Waals surface area (Å²) in [4.78, 5) is 14.3. The van der Waals surface area contributed by atoms with E-state index in [1.54, 1.807) is 11.9 Å². The van der Waals surface area contributed by atoms with Crippen molar-refractivity contribution in [3.8, 4) is 0 Å². The van der Waals surface area contributed by atoms with Crippen molar-refractivity contribution in [3.05, 3.63) is 23.7 Å². The van der Waals surface area contributed by atoms with Crippen LogP contribution in [0.15, 0.2) is 16.5 Å². The van der Waals surface area contributed by atoms with E-state index in [2.05, 4.69) is 0 Å². The molecule has 1 aliphatic rings. The number of carbonyl (C=O) groups excluding carboxylic acids is 1. The third kappa shape index (κ3) is 2.98. The molecular weight excluding hydrogens is 244 g/mol. The number of rotatable bonds is 4. The maximum Gasteiger partial charge on any atom is 0.230 e. The summed E-state index contributed by atoms with van der Waals surface area (Å²) in [6, 6.07) is 3.80. The topological polar surface area (TPSA) is 68.7 Å². The molecule has 5 heteroatoms. The standard InChI is InChI=1S/C14H22N2O3/c1-11-3-4-12(19-11)9-16(2)13(17)14(10-15)5-7-18-8-6-14/h3-4H,5-10,15H2,1-2H3. The summed E-state index contributed by atoms with van der Waals surface area (Å²) in [6.45, 7) is 3.96. The van der Waals surface area contributed by atoms with E-state index < -0.39 is 5.41 Å². The Morgan fingerprint density at radius 3 is 2.63 bits per heavy atom. The van der Waals surface area contributed by atoms with E-state index in [9.17, 15) is 4.79 Å². The third-order valence-electron chi connectivity index (χ3n) is 3.83. The normalized spacial score (nSPS) is 18.3. The Morgan fingerprint density at radius 2 is 2.11 bits per heavy atom. The van der Waals surface area contributed by atoms with Gasteiger partial charge in [-0.25, -0.2) is 0 Å². The molecule has 0 unspecified atom stereocenters. The Labute approximate surface area is 113 Å². The molecule has 2 N–H and O–H groups in total. The average molecular weight is 266 g/mol. The second-order valence-electron chi connectivity index (χ2n) is 5.27. The second kappa shape index (κ2) is 5.75. The summed E-state index contributed by atoms with van der Waals surface area (Å²) in [5, 5.41) is 0. The number of ether oxygens (including phenoxy) is 1. The van der Waals surface area contributed by atoms with E-state index in [4.69, 9.17) is 14.9 Å². The zero-order valence-electron chi connectivity index (χ0n) is 11.6. The zero-order chi connectivity index (χ0) is 13.9. The van der Waals surface area contributed by atoms with Crippen LogP contribution in [0.25, 0.3) is 0 Å². The SMILES string of the molecule is Cc1ccc(CN(C)C(=O)C2(CN)CCOCC2)o1. The van der Waals surface area contributed by atoms with Crippen molar-refractivity contribution >= 4 is 5.91 Å². The van der Waals surface area contributed by atoms with E-state index in [1.807, 2.05) is 19.1 Å². The van der Waals surface area contributed by atoms with Crippen LogP contribution in [0, 0.1) is 12.3 Å². The molecule has 1 aromatic rings. The number of amides is 1. The zero-order valence-corrected chi connectivity index (χ0v) is 11.6. The van der Waals surface area contributed by atoms with Gasteiger partial charge in [0.2, 0.25) is 5.91 Å². The maximum absolute atomic E-state index is 12.6. The van der Waals surface area contributed by atoms with Gasteiger partial charge in [0.05, 0.1) is 12.0 Å². The van der Waals surface area contributed by atoms with Crippen LogP contribution in [0.2, 0.25) is 0 Å². The van der Waals surface area contributed by atoms with E-state index >= 15 is 0 Å². The molecule has 0 spiro atoms. The summed E-state index contributed by atoms with van der Waals surface area (Å²) in [5.74, 6) is 1.75. The third-order valence-corrected chi connectivity index (χ3v) is 3.83. The highest BCUT2D eigenvalue weighted by Gasteiger charge is 2.40. The molecule has 2 heterocycles. The number of hydrogen-bond acceptors (Lipinski definition) is 4. The number of carbonyl (C=O) groups is 1. The molecule has 0 aromatic carbocycles. The lowest BCUT2D eigenvalue weighted by Crippen LogP contribution is -2.49. The first-order valence-electron chi connectivity index (χ1n) is 6.66. The van der Waals surface area contributed by atoms with Crippen molar-refractivity contribution in [2.45, 2.75) is 26.3 Å². The quantitative estimate of drug-likeness (QED) is 0.892. The summed E-state index contributed by atoms with van der Waals surface area (Å²) >= 11 is 0. The minimum absolute atomic E-state index is 0.0901. The number of aryl methyl sites for hydroxylation is 1. The lowest BCUT2D eigenvalue weighted by Gasteiger charge is -2.37. The van der Waals surface area contributed by atoms with Crippen LogP contribution < -0.4 is 5.73 Å². The van der Waals surface area contributed by atoms with E-state index in [1.165, 1.54) is 0 Å². The Kier molecular flexibility index (Phi) is 4.27. The molecule has 0 saturated carbocycles. The Hall–Kier alpha value is -1.33. The fourth-order valence-corrected chi connectivity index (χ4v) is 2.55. The molecule has 0 bridgehead atoms. The van der Waals surface area contributed by atoms with Crippen molar-refractivity contribution < 1.29 is 13.9 Å².